The number of anilines is 1. The second kappa shape index (κ2) is 4.51. The van der Waals surface area contributed by atoms with Gasteiger partial charge in [-0.3, -0.25) is 0 Å². The van der Waals surface area contributed by atoms with Gasteiger partial charge < -0.3 is 10.1 Å². The van der Waals surface area contributed by atoms with Gasteiger partial charge in [-0.05, 0) is 37.0 Å². The number of aromatic nitrogens is 2. The summed E-state index contributed by atoms with van der Waals surface area (Å²) in [6, 6.07) is 1.85. The van der Waals surface area contributed by atoms with E-state index in [0.717, 1.165) is 30.1 Å². The van der Waals surface area contributed by atoms with Crippen molar-refractivity contribution in [3.8, 4) is 5.88 Å². The van der Waals surface area contributed by atoms with Crippen molar-refractivity contribution in [1.82, 2.24) is 9.97 Å². The molecule has 4 nitrogen and oxygen atoms in total. The summed E-state index contributed by atoms with van der Waals surface area (Å²) in [7, 11) is 1.63. The zero-order valence-corrected chi connectivity index (χ0v) is 10.2. The largest absolute Gasteiger partial charge is 0.481 e. The quantitative estimate of drug-likeness (QED) is 0.867. The molecule has 2 fully saturated rings. The van der Waals surface area contributed by atoms with E-state index in [1.165, 1.54) is 25.7 Å². The van der Waals surface area contributed by atoms with Crippen LogP contribution in [0.4, 0.5) is 5.82 Å². The second-order valence-electron chi connectivity index (χ2n) is 5.26. The first-order valence-corrected chi connectivity index (χ1v) is 6.45. The van der Waals surface area contributed by atoms with E-state index in [9.17, 15) is 0 Å². The molecular formula is C13H19N3O. The van der Waals surface area contributed by atoms with Crippen LogP contribution >= 0.6 is 0 Å². The first kappa shape index (κ1) is 10.8. The molecule has 0 radical (unpaired) electrons. The summed E-state index contributed by atoms with van der Waals surface area (Å²) < 4.78 is 5.08. The Labute approximate surface area is 102 Å². The fourth-order valence-electron chi connectivity index (χ4n) is 3.41. The number of rotatable bonds is 4. The molecule has 1 heterocycles. The topological polar surface area (TPSA) is 47.0 Å². The Morgan fingerprint density at radius 2 is 2.29 bits per heavy atom. The Balaban J connectivity index is 1.56. The van der Waals surface area contributed by atoms with Crippen molar-refractivity contribution in [1.29, 1.82) is 0 Å². The van der Waals surface area contributed by atoms with Crippen LogP contribution < -0.4 is 10.1 Å². The van der Waals surface area contributed by atoms with Crippen LogP contribution in [0.3, 0.4) is 0 Å². The van der Waals surface area contributed by atoms with Gasteiger partial charge >= 0.3 is 0 Å². The van der Waals surface area contributed by atoms with E-state index >= 15 is 0 Å². The Kier molecular flexibility index (Phi) is 2.87. The van der Waals surface area contributed by atoms with E-state index in [-0.39, 0.29) is 0 Å². The van der Waals surface area contributed by atoms with E-state index in [1.54, 1.807) is 13.4 Å². The normalized spacial score (nSPS) is 30.5. The summed E-state index contributed by atoms with van der Waals surface area (Å²) in [4.78, 5) is 8.21. The van der Waals surface area contributed by atoms with E-state index in [2.05, 4.69) is 15.3 Å². The van der Waals surface area contributed by atoms with Gasteiger partial charge in [-0.25, -0.2) is 9.97 Å². The van der Waals surface area contributed by atoms with Gasteiger partial charge in [0.2, 0.25) is 5.88 Å². The molecular weight excluding hydrogens is 214 g/mol. The Bertz CT molecular complexity index is 396. The maximum atomic E-state index is 5.08. The van der Waals surface area contributed by atoms with Crippen LogP contribution in [0.2, 0.25) is 0 Å². The zero-order chi connectivity index (χ0) is 11.7. The summed E-state index contributed by atoms with van der Waals surface area (Å²) in [5.74, 6) is 4.30. The monoisotopic (exact) mass is 233 g/mol. The highest BCUT2D eigenvalue weighted by atomic mass is 16.5. The standard InChI is InChI=1S/C13H19N3O/c1-17-13-6-12(15-8-16-13)14-7-11-5-9-2-3-10(11)4-9/h6,8-11H,2-5,7H2,1H3,(H,14,15,16). The van der Waals surface area contributed by atoms with Crippen molar-refractivity contribution in [2.24, 2.45) is 17.8 Å². The summed E-state index contributed by atoms with van der Waals surface area (Å²) in [6.45, 7) is 1.04. The molecule has 3 rings (SSSR count). The second-order valence-corrected chi connectivity index (χ2v) is 5.26. The van der Waals surface area contributed by atoms with Crippen LogP contribution in [-0.2, 0) is 0 Å². The van der Waals surface area contributed by atoms with Crippen molar-refractivity contribution in [3.05, 3.63) is 12.4 Å². The number of hydrogen-bond acceptors (Lipinski definition) is 4. The number of nitrogens with one attached hydrogen (secondary N) is 1. The van der Waals surface area contributed by atoms with E-state index in [4.69, 9.17) is 4.74 Å². The number of fused-ring (bicyclic) bond motifs is 2. The summed E-state index contributed by atoms with van der Waals surface area (Å²) in [5.41, 5.74) is 0. The lowest BCUT2D eigenvalue weighted by Crippen LogP contribution is -2.20. The molecule has 0 spiro atoms. The molecule has 2 aliphatic carbocycles. The van der Waals surface area contributed by atoms with Crippen molar-refractivity contribution < 1.29 is 4.74 Å². The molecule has 3 atom stereocenters. The van der Waals surface area contributed by atoms with Gasteiger partial charge in [-0.2, -0.15) is 0 Å². The molecule has 1 aromatic rings. The number of hydrogen-bond donors (Lipinski definition) is 1. The third-order valence-corrected chi connectivity index (χ3v) is 4.28. The van der Waals surface area contributed by atoms with Gasteiger partial charge in [0, 0.05) is 12.6 Å². The first-order chi connectivity index (χ1) is 8.35. The molecule has 2 saturated carbocycles. The van der Waals surface area contributed by atoms with Crippen molar-refractivity contribution in [2.75, 3.05) is 19.0 Å². The van der Waals surface area contributed by atoms with Gasteiger partial charge in [0.25, 0.3) is 0 Å². The minimum atomic E-state index is 0.621. The molecule has 92 valence electrons. The van der Waals surface area contributed by atoms with Gasteiger partial charge in [0.1, 0.15) is 12.1 Å². The van der Waals surface area contributed by atoms with Crippen LogP contribution in [0, 0.1) is 17.8 Å². The van der Waals surface area contributed by atoms with Crippen LogP contribution in [0.1, 0.15) is 25.7 Å². The lowest BCUT2D eigenvalue weighted by Gasteiger charge is -2.22. The van der Waals surface area contributed by atoms with Crippen molar-refractivity contribution in [2.45, 2.75) is 25.7 Å². The SMILES string of the molecule is COc1cc(NCC2CC3CCC2C3)ncn1. The first-order valence-electron chi connectivity index (χ1n) is 6.45. The maximum Gasteiger partial charge on any atom is 0.218 e. The molecule has 0 aromatic carbocycles. The fourth-order valence-corrected chi connectivity index (χ4v) is 3.41. The average Bonchev–Trinajstić information content (AvgIpc) is 2.99. The Hall–Kier alpha value is -1.32. The molecule has 4 heteroatoms. The summed E-state index contributed by atoms with van der Waals surface area (Å²) in [5, 5.41) is 3.42. The molecule has 0 saturated heterocycles. The Morgan fingerprint density at radius 3 is 3.00 bits per heavy atom. The van der Waals surface area contributed by atoms with E-state index < -0.39 is 0 Å². The molecule has 1 aromatic heterocycles. The van der Waals surface area contributed by atoms with Crippen molar-refractivity contribution in [3.63, 3.8) is 0 Å². The molecule has 2 bridgehead atoms. The van der Waals surface area contributed by atoms with Gasteiger partial charge in [-0.15, -0.1) is 0 Å². The molecule has 2 aliphatic rings. The molecule has 1 N–H and O–H groups in total. The van der Waals surface area contributed by atoms with Gasteiger partial charge in [-0.1, -0.05) is 6.42 Å². The van der Waals surface area contributed by atoms with Crippen molar-refractivity contribution >= 4 is 5.82 Å². The maximum absolute atomic E-state index is 5.08. The lowest BCUT2D eigenvalue weighted by molar-refractivity contribution is 0.348. The van der Waals surface area contributed by atoms with Gasteiger partial charge in [0.15, 0.2) is 0 Å². The number of methoxy groups -OCH3 is 1. The van der Waals surface area contributed by atoms with Crippen LogP contribution in [0.25, 0.3) is 0 Å². The van der Waals surface area contributed by atoms with E-state index in [1.807, 2.05) is 6.07 Å². The highest BCUT2D eigenvalue weighted by molar-refractivity contribution is 5.37. The third kappa shape index (κ3) is 2.21. The number of ether oxygens (including phenoxy) is 1. The van der Waals surface area contributed by atoms with E-state index in [0.29, 0.717) is 5.88 Å². The predicted octanol–water partition coefficient (Wildman–Crippen LogP) is 2.33. The summed E-state index contributed by atoms with van der Waals surface area (Å²) >= 11 is 0. The lowest BCUT2D eigenvalue weighted by atomic mass is 9.89. The molecule has 3 unspecified atom stereocenters. The molecule has 17 heavy (non-hydrogen) atoms. The number of nitrogens with zero attached hydrogens (tertiary/aromatic N) is 2. The van der Waals surface area contributed by atoms with Crippen LogP contribution in [0.15, 0.2) is 12.4 Å². The summed E-state index contributed by atoms with van der Waals surface area (Å²) in [6.07, 6.45) is 7.30. The van der Waals surface area contributed by atoms with Gasteiger partial charge in [0.05, 0.1) is 7.11 Å². The Morgan fingerprint density at radius 1 is 1.35 bits per heavy atom. The highest BCUT2D eigenvalue weighted by Gasteiger charge is 2.39. The molecule has 0 amide bonds. The predicted molar refractivity (Wildman–Crippen MR) is 66.0 cm³/mol. The zero-order valence-electron chi connectivity index (χ0n) is 10.2. The molecule has 0 aliphatic heterocycles. The minimum Gasteiger partial charge on any atom is -0.481 e. The van der Waals surface area contributed by atoms with Crippen LogP contribution in [-0.4, -0.2) is 23.6 Å². The van der Waals surface area contributed by atoms with Crippen LogP contribution in [0.5, 0.6) is 5.88 Å². The average molecular weight is 233 g/mol. The highest BCUT2D eigenvalue weighted by Crippen LogP contribution is 2.48. The minimum absolute atomic E-state index is 0.621. The smallest absolute Gasteiger partial charge is 0.218 e. The third-order valence-electron chi connectivity index (χ3n) is 4.28. The fraction of sp³-hybridized carbons (Fsp3) is 0.692.